The lowest BCUT2D eigenvalue weighted by atomic mass is 10.0. The molecule has 0 atom stereocenters. The SMILES string of the molecule is Cc1ccccc1-c1c(CO)nc2cccc(C)n2c1=O. The molecule has 0 fully saturated rings. The highest BCUT2D eigenvalue weighted by Gasteiger charge is 2.16. The maximum absolute atomic E-state index is 12.9. The quantitative estimate of drug-likeness (QED) is 0.784. The van der Waals surface area contributed by atoms with Crippen LogP contribution in [0.3, 0.4) is 0 Å². The summed E-state index contributed by atoms with van der Waals surface area (Å²) in [7, 11) is 0. The van der Waals surface area contributed by atoms with Crippen LogP contribution < -0.4 is 5.56 Å². The summed E-state index contributed by atoms with van der Waals surface area (Å²) in [4.78, 5) is 17.3. The van der Waals surface area contributed by atoms with Crippen LogP contribution in [0, 0.1) is 13.8 Å². The Hall–Kier alpha value is -2.46. The van der Waals surface area contributed by atoms with Gasteiger partial charge in [0, 0.05) is 5.69 Å². The van der Waals surface area contributed by atoms with Gasteiger partial charge in [-0.15, -0.1) is 0 Å². The first kappa shape index (κ1) is 13.5. The molecule has 3 aromatic rings. The third kappa shape index (κ3) is 2.14. The van der Waals surface area contributed by atoms with E-state index in [1.165, 1.54) is 0 Å². The second kappa shape index (κ2) is 5.14. The molecule has 21 heavy (non-hydrogen) atoms. The second-order valence-corrected chi connectivity index (χ2v) is 5.07. The molecule has 0 aliphatic rings. The van der Waals surface area contributed by atoms with Gasteiger partial charge in [-0.1, -0.05) is 30.3 Å². The van der Waals surface area contributed by atoms with Crippen LogP contribution in [0.4, 0.5) is 0 Å². The molecule has 0 saturated heterocycles. The highest BCUT2D eigenvalue weighted by Crippen LogP contribution is 2.23. The Balaban J connectivity index is 2.48. The maximum atomic E-state index is 12.9. The molecule has 4 nitrogen and oxygen atoms in total. The standard InChI is InChI=1S/C17H16N2O2/c1-11-6-3-4-8-13(11)16-14(10-20)18-15-9-5-7-12(2)19(15)17(16)21/h3-9,20H,10H2,1-2H3. The fourth-order valence-corrected chi connectivity index (χ4v) is 2.62. The summed E-state index contributed by atoms with van der Waals surface area (Å²) < 4.78 is 1.58. The minimum Gasteiger partial charge on any atom is -0.390 e. The van der Waals surface area contributed by atoms with Crippen LogP contribution in [0.15, 0.2) is 47.3 Å². The van der Waals surface area contributed by atoms with Crippen molar-refractivity contribution in [2.45, 2.75) is 20.5 Å². The van der Waals surface area contributed by atoms with Gasteiger partial charge in [0.25, 0.3) is 5.56 Å². The smallest absolute Gasteiger partial charge is 0.266 e. The Morgan fingerprint density at radius 1 is 1.10 bits per heavy atom. The number of fused-ring (bicyclic) bond motifs is 1. The van der Waals surface area contributed by atoms with Crippen molar-refractivity contribution in [2.24, 2.45) is 0 Å². The average Bonchev–Trinajstić information content (AvgIpc) is 2.48. The molecule has 0 amide bonds. The Kier molecular flexibility index (Phi) is 3.31. The van der Waals surface area contributed by atoms with Crippen molar-refractivity contribution in [3.05, 3.63) is 69.8 Å². The first-order chi connectivity index (χ1) is 10.1. The van der Waals surface area contributed by atoms with Crippen LogP contribution in [-0.4, -0.2) is 14.5 Å². The van der Waals surface area contributed by atoms with Crippen molar-refractivity contribution in [3.63, 3.8) is 0 Å². The summed E-state index contributed by atoms with van der Waals surface area (Å²) in [6.07, 6.45) is 0. The Labute approximate surface area is 122 Å². The summed E-state index contributed by atoms with van der Waals surface area (Å²) in [5.41, 5.74) is 3.93. The molecule has 0 aliphatic carbocycles. The minimum absolute atomic E-state index is 0.142. The number of aliphatic hydroxyl groups is 1. The van der Waals surface area contributed by atoms with Crippen molar-refractivity contribution < 1.29 is 5.11 Å². The van der Waals surface area contributed by atoms with Gasteiger partial charge in [0.1, 0.15) is 5.65 Å². The molecule has 0 radical (unpaired) electrons. The first-order valence-electron chi connectivity index (χ1n) is 6.81. The number of pyridine rings is 1. The van der Waals surface area contributed by atoms with E-state index in [1.54, 1.807) is 10.5 Å². The molecule has 0 bridgehead atoms. The zero-order valence-corrected chi connectivity index (χ0v) is 12.0. The molecule has 3 rings (SSSR count). The van der Waals surface area contributed by atoms with E-state index in [0.717, 1.165) is 16.8 Å². The fourth-order valence-electron chi connectivity index (χ4n) is 2.62. The fraction of sp³-hybridized carbons (Fsp3) is 0.176. The van der Waals surface area contributed by atoms with Gasteiger partial charge in [-0.2, -0.15) is 0 Å². The molecule has 106 valence electrons. The Morgan fingerprint density at radius 3 is 2.57 bits per heavy atom. The third-order valence-electron chi connectivity index (χ3n) is 3.68. The zero-order chi connectivity index (χ0) is 15.0. The van der Waals surface area contributed by atoms with E-state index in [-0.39, 0.29) is 12.2 Å². The molecule has 2 aromatic heterocycles. The van der Waals surface area contributed by atoms with E-state index in [2.05, 4.69) is 4.98 Å². The van der Waals surface area contributed by atoms with E-state index in [4.69, 9.17) is 0 Å². The van der Waals surface area contributed by atoms with E-state index in [0.29, 0.717) is 16.9 Å². The van der Waals surface area contributed by atoms with Crippen LogP contribution in [-0.2, 0) is 6.61 Å². The number of hydrogen-bond donors (Lipinski definition) is 1. The number of benzene rings is 1. The summed E-state index contributed by atoms with van der Waals surface area (Å²) >= 11 is 0. The van der Waals surface area contributed by atoms with E-state index < -0.39 is 0 Å². The molecule has 0 aliphatic heterocycles. The predicted octanol–water partition coefficient (Wildman–Crippen LogP) is 2.47. The molecule has 0 unspecified atom stereocenters. The van der Waals surface area contributed by atoms with Crippen LogP contribution in [0.2, 0.25) is 0 Å². The van der Waals surface area contributed by atoms with Crippen molar-refractivity contribution in [3.8, 4) is 11.1 Å². The van der Waals surface area contributed by atoms with Crippen molar-refractivity contribution in [1.82, 2.24) is 9.38 Å². The molecule has 0 spiro atoms. The number of aryl methyl sites for hydroxylation is 2. The third-order valence-corrected chi connectivity index (χ3v) is 3.68. The first-order valence-corrected chi connectivity index (χ1v) is 6.81. The molecular weight excluding hydrogens is 264 g/mol. The van der Waals surface area contributed by atoms with Gasteiger partial charge in [-0.05, 0) is 37.1 Å². The van der Waals surface area contributed by atoms with Gasteiger partial charge < -0.3 is 5.11 Å². The van der Waals surface area contributed by atoms with Crippen LogP contribution in [0.1, 0.15) is 17.0 Å². The van der Waals surface area contributed by atoms with Crippen LogP contribution in [0.25, 0.3) is 16.8 Å². The van der Waals surface area contributed by atoms with Crippen LogP contribution in [0.5, 0.6) is 0 Å². The molecule has 1 aromatic carbocycles. The average molecular weight is 280 g/mol. The number of rotatable bonds is 2. The monoisotopic (exact) mass is 280 g/mol. The maximum Gasteiger partial charge on any atom is 0.266 e. The summed E-state index contributed by atoms with van der Waals surface area (Å²) in [6, 6.07) is 13.1. The summed E-state index contributed by atoms with van der Waals surface area (Å²) in [5, 5.41) is 9.61. The molecular formula is C17H16N2O2. The zero-order valence-electron chi connectivity index (χ0n) is 12.0. The predicted molar refractivity (Wildman–Crippen MR) is 82.3 cm³/mol. The van der Waals surface area contributed by atoms with Gasteiger partial charge in [0.05, 0.1) is 17.9 Å². The molecule has 0 saturated carbocycles. The number of hydrogen-bond acceptors (Lipinski definition) is 3. The molecule has 4 heteroatoms. The van der Waals surface area contributed by atoms with Crippen molar-refractivity contribution >= 4 is 5.65 Å². The number of aliphatic hydroxyl groups excluding tert-OH is 1. The molecule has 2 heterocycles. The second-order valence-electron chi connectivity index (χ2n) is 5.07. The van der Waals surface area contributed by atoms with E-state index in [9.17, 15) is 9.90 Å². The number of aromatic nitrogens is 2. The lowest BCUT2D eigenvalue weighted by molar-refractivity contribution is 0.277. The Bertz CT molecular complexity index is 882. The lowest BCUT2D eigenvalue weighted by Crippen LogP contribution is -2.22. The lowest BCUT2D eigenvalue weighted by Gasteiger charge is -2.12. The van der Waals surface area contributed by atoms with Gasteiger partial charge in [0.15, 0.2) is 0 Å². The van der Waals surface area contributed by atoms with E-state index in [1.807, 2.05) is 50.2 Å². The van der Waals surface area contributed by atoms with Gasteiger partial charge in [-0.25, -0.2) is 4.98 Å². The highest BCUT2D eigenvalue weighted by atomic mass is 16.3. The Morgan fingerprint density at radius 2 is 1.86 bits per heavy atom. The van der Waals surface area contributed by atoms with E-state index >= 15 is 0 Å². The van der Waals surface area contributed by atoms with Gasteiger partial charge in [-0.3, -0.25) is 9.20 Å². The van der Waals surface area contributed by atoms with Crippen LogP contribution >= 0.6 is 0 Å². The normalized spacial score (nSPS) is 11.0. The van der Waals surface area contributed by atoms with Gasteiger partial charge >= 0.3 is 0 Å². The molecule has 1 N–H and O–H groups in total. The van der Waals surface area contributed by atoms with Crippen molar-refractivity contribution in [1.29, 1.82) is 0 Å². The summed E-state index contributed by atoms with van der Waals surface area (Å²) in [6.45, 7) is 3.56. The minimum atomic E-state index is -0.261. The highest BCUT2D eigenvalue weighted by molar-refractivity contribution is 5.69. The van der Waals surface area contributed by atoms with Crippen molar-refractivity contribution in [2.75, 3.05) is 0 Å². The largest absolute Gasteiger partial charge is 0.390 e. The topological polar surface area (TPSA) is 54.6 Å². The number of nitrogens with zero attached hydrogens (tertiary/aromatic N) is 2. The summed E-state index contributed by atoms with van der Waals surface area (Å²) in [5.74, 6) is 0. The van der Waals surface area contributed by atoms with Gasteiger partial charge in [0.2, 0.25) is 0 Å².